The van der Waals surface area contributed by atoms with Gasteiger partial charge in [-0.3, -0.25) is 9.36 Å². The molecule has 0 spiro atoms. The van der Waals surface area contributed by atoms with Crippen molar-refractivity contribution in [2.45, 2.75) is 56.8 Å². The number of carbonyl (C=O) groups excluding carboxylic acids is 1. The number of hydrogen-bond donors (Lipinski definition) is 1. The van der Waals surface area contributed by atoms with Crippen molar-refractivity contribution in [1.82, 2.24) is 20.1 Å². The average Bonchev–Trinajstić information content (AvgIpc) is 3.30. The first-order valence-electron chi connectivity index (χ1n) is 9.59. The van der Waals surface area contributed by atoms with E-state index in [1.54, 1.807) is 0 Å². The maximum Gasteiger partial charge on any atom is 0.230 e. The first-order chi connectivity index (χ1) is 13.2. The van der Waals surface area contributed by atoms with E-state index in [1.165, 1.54) is 31.0 Å². The lowest BCUT2D eigenvalue weighted by Gasteiger charge is -2.22. The van der Waals surface area contributed by atoms with Gasteiger partial charge in [-0.15, -0.1) is 10.2 Å². The number of carbonyl (C=O) groups is 1. The number of para-hydroxylation sites is 1. The zero-order chi connectivity index (χ0) is 18.6. The molecule has 3 aromatic rings. The summed E-state index contributed by atoms with van der Waals surface area (Å²) >= 11 is 1.43. The van der Waals surface area contributed by atoms with Gasteiger partial charge in [0.05, 0.1) is 5.75 Å². The predicted molar refractivity (Wildman–Crippen MR) is 107 cm³/mol. The van der Waals surface area contributed by atoms with E-state index >= 15 is 0 Å². The lowest BCUT2D eigenvalue weighted by Crippen LogP contribution is -2.37. The number of nitrogens with zero attached hydrogens (tertiary/aromatic N) is 3. The number of fused-ring (bicyclic) bond motifs is 1. The first-order valence-corrected chi connectivity index (χ1v) is 10.6. The quantitative estimate of drug-likeness (QED) is 0.643. The van der Waals surface area contributed by atoms with Gasteiger partial charge in [-0.25, -0.2) is 0 Å². The Morgan fingerprint density at radius 2 is 2.07 bits per heavy atom. The molecule has 0 unspecified atom stereocenters. The molecule has 1 fully saturated rings. The molecule has 1 saturated carbocycles. The molecule has 1 amide bonds. The third-order valence-corrected chi connectivity index (χ3v) is 5.95. The summed E-state index contributed by atoms with van der Waals surface area (Å²) in [5.41, 5.74) is 0.833. The van der Waals surface area contributed by atoms with Gasteiger partial charge in [0.15, 0.2) is 10.9 Å². The summed E-state index contributed by atoms with van der Waals surface area (Å²) in [6.45, 7) is 2.76. The predicted octanol–water partition coefficient (Wildman–Crippen LogP) is 4.25. The molecule has 6 nitrogen and oxygen atoms in total. The van der Waals surface area contributed by atoms with Gasteiger partial charge in [0.2, 0.25) is 11.7 Å². The number of aromatic nitrogens is 3. The van der Waals surface area contributed by atoms with Crippen LogP contribution < -0.4 is 5.32 Å². The third kappa shape index (κ3) is 4.03. The maximum absolute atomic E-state index is 12.3. The summed E-state index contributed by atoms with van der Waals surface area (Å²) < 4.78 is 7.92. The third-order valence-electron chi connectivity index (χ3n) is 4.98. The number of benzene rings is 1. The summed E-state index contributed by atoms with van der Waals surface area (Å²) in [5.74, 6) is 1.82. The summed E-state index contributed by atoms with van der Waals surface area (Å²) in [6.07, 6.45) is 5.90. The highest BCUT2D eigenvalue weighted by Gasteiger charge is 2.19. The Labute approximate surface area is 162 Å². The summed E-state index contributed by atoms with van der Waals surface area (Å²) in [5, 5.41) is 13.5. The molecular weight excluding hydrogens is 360 g/mol. The fraction of sp³-hybridized carbons (Fsp3) is 0.450. The van der Waals surface area contributed by atoms with Gasteiger partial charge in [0, 0.05) is 18.0 Å². The monoisotopic (exact) mass is 384 g/mol. The van der Waals surface area contributed by atoms with E-state index in [1.807, 2.05) is 41.8 Å². The number of thioether (sulfide) groups is 1. The second-order valence-electron chi connectivity index (χ2n) is 6.89. The molecular formula is C20H24N4O2S. The molecule has 4 rings (SSSR count). The van der Waals surface area contributed by atoms with Gasteiger partial charge in [-0.1, -0.05) is 49.2 Å². The highest BCUT2D eigenvalue weighted by atomic mass is 32.2. The van der Waals surface area contributed by atoms with Gasteiger partial charge in [-0.2, -0.15) is 0 Å². The van der Waals surface area contributed by atoms with Crippen LogP contribution in [0.1, 0.15) is 39.0 Å². The summed E-state index contributed by atoms with van der Waals surface area (Å²) in [4.78, 5) is 12.3. The standard InChI is InChI=1S/C20H24N4O2S/c1-2-24-19(17-12-14-8-6-7-11-16(14)26-17)22-23-20(24)27-13-18(25)21-15-9-4-3-5-10-15/h6-8,11-12,15H,2-5,9-10,13H2,1H3,(H,21,25). The Balaban J connectivity index is 1.45. The van der Waals surface area contributed by atoms with Crippen molar-refractivity contribution in [2.75, 3.05) is 5.75 Å². The maximum atomic E-state index is 12.3. The minimum absolute atomic E-state index is 0.0721. The van der Waals surface area contributed by atoms with Crippen LogP contribution in [0.3, 0.4) is 0 Å². The van der Waals surface area contributed by atoms with Crippen molar-refractivity contribution in [1.29, 1.82) is 0 Å². The number of furan rings is 1. The summed E-state index contributed by atoms with van der Waals surface area (Å²) in [6, 6.07) is 10.2. The minimum atomic E-state index is 0.0721. The highest BCUT2D eigenvalue weighted by molar-refractivity contribution is 7.99. The SMILES string of the molecule is CCn1c(SCC(=O)NC2CCCCC2)nnc1-c1cc2ccccc2o1. The number of nitrogens with one attached hydrogen (secondary N) is 1. The Kier molecular flexibility index (Phi) is 5.48. The first kappa shape index (κ1) is 18.1. The molecule has 0 saturated heterocycles. The zero-order valence-electron chi connectivity index (χ0n) is 15.5. The molecule has 1 aliphatic rings. The van der Waals surface area contributed by atoms with Crippen LogP contribution in [0, 0.1) is 0 Å². The smallest absolute Gasteiger partial charge is 0.230 e. The molecule has 0 bridgehead atoms. The molecule has 27 heavy (non-hydrogen) atoms. The van der Waals surface area contributed by atoms with Crippen LogP contribution >= 0.6 is 11.8 Å². The van der Waals surface area contributed by atoms with Gasteiger partial charge < -0.3 is 9.73 Å². The van der Waals surface area contributed by atoms with Crippen LogP contribution in [0.5, 0.6) is 0 Å². The van der Waals surface area contributed by atoms with Gasteiger partial charge in [-0.05, 0) is 31.9 Å². The fourth-order valence-electron chi connectivity index (χ4n) is 3.60. The number of amides is 1. The molecule has 0 atom stereocenters. The average molecular weight is 385 g/mol. The Morgan fingerprint density at radius 1 is 1.26 bits per heavy atom. The molecule has 2 aromatic heterocycles. The molecule has 2 heterocycles. The van der Waals surface area contributed by atoms with E-state index in [0.717, 1.165) is 29.0 Å². The molecule has 1 aliphatic carbocycles. The fourth-order valence-corrected chi connectivity index (χ4v) is 4.41. The Bertz CT molecular complexity index is 894. The Hall–Kier alpha value is -2.28. The van der Waals surface area contributed by atoms with Crippen molar-refractivity contribution in [3.05, 3.63) is 30.3 Å². The zero-order valence-corrected chi connectivity index (χ0v) is 16.3. The van der Waals surface area contributed by atoms with Crippen LogP contribution in [-0.2, 0) is 11.3 Å². The molecule has 0 aliphatic heterocycles. The van der Waals surface area contributed by atoms with Crippen molar-refractivity contribution in [2.24, 2.45) is 0 Å². The van der Waals surface area contributed by atoms with Crippen molar-refractivity contribution >= 4 is 28.6 Å². The van der Waals surface area contributed by atoms with Gasteiger partial charge in [0.1, 0.15) is 5.58 Å². The molecule has 7 heteroatoms. The second-order valence-corrected chi connectivity index (χ2v) is 7.83. The van der Waals surface area contributed by atoms with Crippen LogP contribution in [0.15, 0.2) is 39.9 Å². The largest absolute Gasteiger partial charge is 0.453 e. The van der Waals surface area contributed by atoms with E-state index in [4.69, 9.17) is 4.42 Å². The summed E-state index contributed by atoms with van der Waals surface area (Å²) in [7, 11) is 0. The van der Waals surface area contributed by atoms with Crippen LogP contribution in [-0.4, -0.2) is 32.5 Å². The van der Waals surface area contributed by atoms with Crippen LogP contribution in [0.4, 0.5) is 0 Å². The Morgan fingerprint density at radius 3 is 2.85 bits per heavy atom. The van der Waals surface area contributed by atoms with Crippen LogP contribution in [0.25, 0.3) is 22.6 Å². The van der Waals surface area contributed by atoms with Crippen molar-refractivity contribution < 1.29 is 9.21 Å². The van der Waals surface area contributed by atoms with Crippen LogP contribution in [0.2, 0.25) is 0 Å². The molecule has 1 N–H and O–H groups in total. The van der Waals surface area contributed by atoms with E-state index in [0.29, 0.717) is 29.9 Å². The lowest BCUT2D eigenvalue weighted by atomic mass is 9.95. The van der Waals surface area contributed by atoms with Crippen molar-refractivity contribution in [3.63, 3.8) is 0 Å². The number of rotatable bonds is 6. The normalized spacial score (nSPS) is 15.3. The van der Waals surface area contributed by atoms with E-state index < -0.39 is 0 Å². The number of hydrogen-bond acceptors (Lipinski definition) is 5. The minimum Gasteiger partial charge on any atom is -0.453 e. The van der Waals surface area contributed by atoms with E-state index in [9.17, 15) is 4.79 Å². The van der Waals surface area contributed by atoms with Gasteiger partial charge in [0.25, 0.3) is 0 Å². The highest BCUT2D eigenvalue weighted by Crippen LogP contribution is 2.29. The van der Waals surface area contributed by atoms with E-state index in [-0.39, 0.29) is 5.91 Å². The van der Waals surface area contributed by atoms with Gasteiger partial charge >= 0.3 is 0 Å². The molecule has 0 radical (unpaired) electrons. The van der Waals surface area contributed by atoms with E-state index in [2.05, 4.69) is 15.5 Å². The lowest BCUT2D eigenvalue weighted by molar-refractivity contribution is -0.119. The molecule has 1 aromatic carbocycles. The van der Waals surface area contributed by atoms with Crippen molar-refractivity contribution in [3.8, 4) is 11.6 Å². The topological polar surface area (TPSA) is 73.0 Å². The molecule has 142 valence electrons. The second kappa shape index (κ2) is 8.17.